The van der Waals surface area contributed by atoms with E-state index in [0.717, 1.165) is 6.92 Å². The van der Waals surface area contributed by atoms with E-state index in [1.54, 1.807) is 0 Å². The van der Waals surface area contributed by atoms with E-state index >= 15 is 0 Å². The van der Waals surface area contributed by atoms with Gasteiger partial charge < -0.3 is 10.8 Å². The van der Waals surface area contributed by atoms with Crippen LogP contribution in [0, 0.1) is 0 Å². The average Bonchev–Trinajstić information content (AvgIpc) is 1.87. The van der Waals surface area contributed by atoms with Crippen molar-refractivity contribution in [2.75, 3.05) is 0 Å². The van der Waals surface area contributed by atoms with Crippen molar-refractivity contribution < 1.29 is 9.90 Å². The van der Waals surface area contributed by atoms with Crippen molar-refractivity contribution in [3.05, 3.63) is 0 Å². The highest BCUT2D eigenvalue weighted by Gasteiger charge is 2.06. The van der Waals surface area contributed by atoms with Crippen molar-refractivity contribution in [3.8, 4) is 0 Å². The Morgan fingerprint density at radius 3 is 1.91 bits per heavy atom. The summed E-state index contributed by atoms with van der Waals surface area (Å²) in [4.78, 5) is 9.00. The van der Waals surface area contributed by atoms with E-state index in [2.05, 4.69) is 0 Å². The minimum Gasteiger partial charge on any atom is -0.481 e. The second kappa shape index (κ2) is 6.16. The SMILES string of the molecule is CC(=O)O.NC1CCCCC1. The molecule has 0 aromatic rings. The summed E-state index contributed by atoms with van der Waals surface area (Å²) in [5.41, 5.74) is 5.63. The quantitative estimate of drug-likeness (QED) is 0.561. The molecule has 0 spiro atoms. The summed E-state index contributed by atoms with van der Waals surface area (Å²) in [5, 5.41) is 7.42. The molecule has 3 N–H and O–H groups in total. The molecule has 1 aliphatic carbocycles. The zero-order valence-electron chi connectivity index (χ0n) is 7.05. The summed E-state index contributed by atoms with van der Waals surface area (Å²) in [6, 6.07) is 0.536. The number of carboxylic acids is 1. The topological polar surface area (TPSA) is 63.3 Å². The summed E-state index contributed by atoms with van der Waals surface area (Å²) in [6.45, 7) is 1.08. The lowest BCUT2D eigenvalue weighted by Crippen LogP contribution is -2.22. The van der Waals surface area contributed by atoms with E-state index in [1.807, 2.05) is 0 Å². The second-order valence-electron chi connectivity index (χ2n) is 2.92. The Morgan fingerprint density at radius 1 is 1.36 bits per heavy atom. The molecule has 66 valence electrons. The van der Waals surface area contributed by atoms with Gasteiger partial charge in [0.15, 0.2) is 0 Å². The zero-order valence-corrected chi connectivity index (χ0v) is 7.05. The van der Waals surface area contributed by atoms with Gasteiger partial charge in [0.05, 0.1) is 0 Å². The molecule has 0 saturated heterocycles. The number of hydrogen-bond donors (Lipinski definition) is 2. The molecule has 0 amide bonds. The summed E-state index contributed by atoms with van der Waals surface area (Å²) < 4.78 is 0. The lowest BCUT2D eigenvalue weighted by atomic mass is 9.97. The van der Waals surface area contributed by atoms with Crippen molar-refractivity contribution in [1.82, 2.24) is 0 Å². The Balaban J connectivity index is 0.000000218. The summed E-state index contributed by atoms with van der Waals surface area (Å²) in [6.07, 6.45) is 6.66. The Labute approximate surface area is 67.6 Å². The highest BCUT2D eigenvalue weighted by molar-refractivity contribution is 5.62. The van der Waals surface area contributed by atoms with E-state index in [9.17, 15) is 0 Å². The van der Waals surface area contributed by atoms with E-state index < -0.39 is 5.97 Å². The van der Waals surface area contributed by atoms with Crippen molar-refractivity contribution in [2.24, 2.45) is 5.73 Å². The maximum atomic E-state index is 9.00. The van der Waals surface area contributed by atoms with Crippen molar-refractivity contribution in [2.45, 2.75) is 45.1 Å². The first-order valence-electron chi connectivity index (χ1n) is 4.08. The molecule has 1 aliphatic rings. The molecule has 0 atom stereocenters. The number of rotatable bonds is 0. The minimum atomic E-state index is -0.833. The first kappa shape index (κ1) is 10.4. The lowest BCUT2D eigenvalue weighted by molar-refractivity contribution is -0.134. The van der Waals surface area contributed by atoms with Gasteiger partial charge in [0.2, 0.25) is 0 Å². The molecule has 0 aromatic heterocycles. The summed E-state index contributed by atoms with van der Waals surface area (Å²) >= 11 is 0. The van der Waals surface area contributed by atoms with Crippen LogP contribution in [-0.4, -0.2) is 17.1 Å². The van der Waals surface area contributed by atoms with Crippen LogP contribution in [0.3, 0.4) is 0 Å². The fourth-order valence-corrected chi connectivity index (χ4v) is 1.13. The van der Waals surface area contributed by atoms with Gasteiger partial charge in [0, 0.05) is 13.0 Å². The van der Waals surface area contributed by atoms with Crippen LogP contribution in [0.1, 0.15) is 39.0 Å². The number of aliphatic carboxylic acids is 1. The molecular formula is C8H17NO2. The first-order valence-corrected chi connectivity index (χ1v) is 4.08. The van der Waals surface area contributed by atoms with Crippen molar-refractivity contribution >= 4 is 5.97 Å². The molecule has 0 aromatic carbocycles. The highest BCUT2D eigenvalue weighted by atomic mass is 16.4. The molecule has 1 rings (SSSR count). The molecule has 3 heteroatoms. The average molecular weight is 159 g/mol. The first-order chi connectivity index (χ1) is 5.13. The monoisotopic (exact) mass is 159 g/mol. The van der Waals surface area contributed by atoms with E-state index in [0.29, 0.717) is 6.04 Å². The third kappa shape index (κ3) is 9.43. The van der Waals surface area contributed by atoms with Crippen molar-refractivity contribution in [3.63, 3.8) is 0 Å². The molecule has 3 nitrogen and oxygen atoms in total. The van der Waals surface area contributed by atoms with Crippen molar-refractivity contribution in [1.29, 1.82) is 0 Å². The third-order valence-electron chi connectivity index (χ3n) is 1.65. The standard InChI is InChI=1S/C6H13N.C2H4O2/c7-6-4-2-1-3-5-6;1-2(3)4/h6H,1-5,7H2;1H3,(H,3,4). The van der Waals surface area contributed by atoms with Crippen LogP contribution in [0.25, 0.3) is 0 Å². The predicted octanol–water partition coefficient (Wildman–Crippen LogP) is 1.37. The largest absolute Gasteiger partial charge is 0.481 e. The summed E-state index contributed by atoms with van der Waals surface area (Å²) in [7, 11) is 0. The smallest absolute Gasteiger partial charge is 0.300 e. The zero-order chi connectivity index (χ0) is 8.69. The van der Waals surface area contributed by atoms with Crippen LogP contribution >= 0.6 is 0 Å². The Kier molecular flexibility index (Phi) is 5.84. The fourth-order valence-electron chi connectivity index (χ4n) is 1.13. The number of carbonyl (C=O) groups is 1. The van der Waals surface area contributed by atoms with Gasteiger partial charge in [-0.1, -0.05) is 19.3 Å². The van der Waals surface area contributed by atoms with Gasteiger partial charge in [-0.2, -0.15) is 0 Å². The van der Waals surface area contributed by atoms with Crippen LogP contribution < -0.4 is 5.73 Å². The molecule has 11 heavy (non-hydrogen) atoms. The normalized spacial score (nSPS) is 18.4. The van der Waals surface area contributed by atoms with Gasteiger partial charge in [-0.3, -0.25) is 4.79 Å². The Bertz CT molecular complexity index is 105. The molecule has 0 radical (unpaired) electrons. The molecular weight excluding hydrogens is 142 g/mol. The van der Waals surface area contributed by atoms with Gasteiger partial charge in [-0.15, -0.1) is 0 Å². The molecule has 0 heterocycles. The van der Waals surface area contributed by atoms with E-state index in [1.165, 1.54) is 32.1 Å². The second-order valence-corrected chi connectivity index (χ2v) is 2.92. The molecule has 0 unspecified atom stereocenters. The van der Waals surface area contributed by atoms with Gasteiger partial charge in [0.1, 0.15) is 0 Å². The molecule has 1 saturated carbocycles. The molecule has 0 bridgehead atoms. The van der Waals surface area contributed by atoms with Crippen LogP contribution in [0.5, 0.6) is 0 Å². The predicted molar refractivity (Wildman–Crippen MR) is 44.4 cm³/mol. The molecule has 0 aliphatic heterocycles. The number of nitrogens with two attached hydrogens (primary N) is 1. The van der Waals surface area contributed by atoms with Crippen LogP contribution in [0.4, 0.5) is 0 Å². The van der Waals surface area contributed by atoms with Gasteiger partial charge in [0.25, 0.3) is 5.97 Å². The maximum absolute atomic E-state index is 9.00. The Morgan fingerprint density at radius 2 is 1.73 bits per heavy atom. The minimum absolute atomic E-state index is 0.536. The van der Waals surface area contributed by atoms with E-state index in [4.69, 9.17) is 15.6 Å². The van der Waals surface area contributed by atoms with Crippen LogP contribution in [-0.2, 0) is 4.79 Å². The maximum Gasteiger partial charge on any atom is 0.300 e. The van der Waals surface area contributed by atoms with Crippen LogP contribution in [0.2, 0.25) is 0 Å². The fraction of sp³-hybridized carbons (Fsp3) is 0.875. The van der Waals surface area contributed by atoms with Gasteiger partial charge in [-0.25, -0.2) is 0 Å². The lowest BCUT2D eigenvalue weighted by Gasteiger charge is -2.15. The number of hydrogen-bond acceptors (Lipinski definition) is 2. The van der Waals surface area contributed by atoms with Crippen LogP contribution in [0.15, 0.2) is 0 Å². The van der Waals surface area contributed by atoms with Gasteiger partial charge >= 0.3 is 0 Å². The van der Waals surface area contributed by atoms with E-state index in [-0.39, 0.29) is 0 Å². The highest BCUT2D eigenvalue weighted by Crippen LogP contribution is 2.14. The molecule has 1 fully saturated rings. The van der Waals surface area contributed by atoms with Gasteiger partial charge in [-0.05, 0) is 12.8 Å². The third-order valence-corrected chi connectivity index (χ3v) is 1.65. The summed E-state index contributed by atoms with van der Waals surface area (Å²) in [5.74, 6) is -0.833. The number of carboxylic acid groups (broad SMARTS) is 1. The Hall–Kier alpha value is -0.570.